The lowest BCUT2D eigenvalue weighted by Gasteiger charge is -2.08. The molecule has 0 radical (unpaired) electrons. The van der Waals surface area contributed by atoms with Crippen LogP contribution in [0.2, 0.25) is 0 Å². The van der Waals surface area contributed by atoms with E-state index in [1.54, 1.807) is 6.07 Å². The predicted molar refractivity (Wildman–Crippen MR) is 93.7 cm³/mol. The molecule has 3 aromatic carbocycles. The summed E-state index contributed by atoms with van der Waals surface area (Å²) in [5.41, 5.74) is 1.39. The number of carbonyl (C=O) groups excluding carboxylic acids is 1. The number of halogens is 2. The Bertz CT molecular complexity index is 830. The van der Waals surface area contributed by atoms with Gasteiger partial charge in [-0.25, -0.2) is 0 Å². The van der Waals surface area contributed by atoms with Crippen molar-refractivity contribution in [2.24, 2.45) is 0 Å². The molecule has 0 saturated carbocycles. The Morgan fingerprint density at radius 1 is 0.857 bits per heavy atom. The summed E-state index contributed by atoms with van der Waals surface area (Å²) in [6, 6.07) is 19.4. The van der Waals surface area contributed by atoms with Crippen molar-refractivity contribution in [3.8, 4) is 0 Å². The Labute approximate surface area is 139 Å². The Hall–Kier alpha value is -1.65. The highest BCUT2D eigenvalue weighted by Gasteiger charge is 2.10. The lowest BCUT2D eigenvalue weighted by Crippen LogP contribution is -2.12. The van der Waals surface area contributed by atoms with Gasteiger partial charge >= 0.3 is 0 Å². The van der Waals surface area contributed by atoms with E-state index in [2.05, 4.69) is 37.2 Å². The van der Waals surface area contributed by atoms with Crippen molar-refractivity contribution < 1.29 is 4.79 Å². The van der Waals surface area contributed by atoms with Crippen molar-refractivity contribution in [1.29, 1.82) is 0 Å². The molecule has 0 aromatic heterocycles. The van der Waals surface area contributed by atoms with Gasteiger partial charge in [-0.3, -0.25) is 4.79 Å². The molecule has 0 heterocycles. The summed E-state index contributed by atoms with van der Waals surface area (Å²) in [4.78, 5) is 12.3. The second-order valence-corrected chi connectivity index (χ2v) is 6.41. The first kappa shape index (κ1) is 14.3. The first-order chi connectivity index (χ1) is 10.1. The van der Waals surface area contributed by atoms with E-state index in [-0.39, 0.29) is 5.91 Å². The quantitative estimate of drug-likeness (QED) is 0.590. The van der Waals surface area contributed by atoms with Gasteiger partial charge < -0.3 is 5.32 Å². The number of rotatable bonds is 2. The number of anilines is 1. The van der Waals surface area contributed by atoms with Crippen LogP contribution in [0.5, 0.6) is 0 Å². The minimum Gasteiger partial charge on any atom is -0.322 e. The van der Waals surface area contributed by atoms with Gasteiger partial charge in [0, 0.05) is 14.6 Å². The maximum Gasteiger partial charge on any atom is 0.256 e. The summed E-state index contributed by atoms with van der Waals surface area (Å²) in [5, 5.41) is 5.18. The number of fused-ring (bicyclic) bond motifs is 1. The van der Waals surface area contributed by atoms with Gasteiger partial charge in [0.05, 0.1) is 5.56 Å². The molecule has 1 amide bonds. The normalized spacial score (nSPS) is 10.6. The Balaban J connectivity index is 1.89. The smallest absolute Gasteiger partial charge is 0.256 e. The molecular weight excluding hydrogens is 394 g/mol. The number of hydrogen-bond acceptors (Lipinski definition) is 1. The Morgan fingerprint density at radius 2 is 1.62 bits per heavy atom. The van der Waals surface area contributed by atoms with Crippen LogP contribution in [-0.4, -0.2) is 5.91 Å². The van der Waals surface area contributed by atoms with Crippen LogP contribution in [-0.2, 0) is 0 Å². The highest BCUT2D eigenvalue weighted by Crippen LogP contribution is 2.24. The zero-order valence-electron chi connectivity index (χ0n) is 10.9. The first-order valence-electron chi connectivity index (χ1n) is 6.39. The average Bonchev–Trinajstić information content (AvgIpc) is 2.47. The highest BCUT2D eigenvalue weighted by atomic mass is 79.9. The molecule has 104 valence electrons. The third kappa shape index (κ3) is 3.17. The molecule has 0 saturated heterocycles. The van der Waals surface area contributed by atoms with E-state index in [1.165, 1.54) is 0 Å². The summed E-state index contributed by atoms with van der Waals surface area (Å²) < 4.78 is 1.69. The van der Waals surface area contributed by atoms with Gasteiger partial charge in [-0.2, -0.15) is 0 Å². The monoisotopic (exact) mass is 403 g/mol. The minimum absolute atomic E-state index is 0.135. The molecule has 0 spiro atoms. The fourth-order valence-corrected chi connectivity index (χ4v) is 3.37. The molecule has 3 aromatic rings. The molecule has 3 rings (SSSR count). The second-order valence-electron chi connectivity index (χ2n) is 4.64. The summed E-state index contributed by atoms with van der Waals surface area (Å²) >= 11 is 6.79. The van der Waals surface area contributed by atoms with Crippen LogP contribution in [0.25, 0.3) is 10.8 Å². The van der Waals surface area contributed by atoms with Gasteiger partial charge in [-0.05, 0) is 57.0 Å². The minimum atomic E-state index is -0.135. The number of nitrogens with one attached hydrogen (secondary N) is 1. The van der Waals surface area contributed by atoms with Gasteiger partial charge in [-0.1, -0.05) is 46.3 Å². The molecule has 0 unspecified atom stereocenters. The van der Waals surface area contributed by atoms with Crippen LogP contribution < -0.4 is 5.32 Å². The van der Waals surface area contributed by atoms with E-state index < -0.39 is 0 Å². The second kappa shape index (κ2) is 6.00. The third-order valence-electron chi connectivity index (χ3n) is 3.18. The maximum absolute atomic E-state index is 12.3. The summed E-state index contributed by atoms with van der Waals surface area (Å²) in [6.45, 7) is 0. The van der Waals surface area contributed by atoms with Crippen LogP contribution in [0.4, 0.5) is 5.69 Å². The zero-order valence-corrected chi connectivity index (χ0v) is 14.1. The molecular formula is C17H11Br2NO. The summed E-state index contributed by atoms with van der Waals surface area (Å²) in [6.07, 6.45) is 0. The molecule has 0 aliphatic carbocycles. The molecule has 21 heavy (non-hydrogen) atoms. The van der Waals surface area contributed by atoms with E-state index in [9.17, 15) is 4.79 Å². The van der Waals surface area contributed by atoms with Crippen molar-refractivity contribution in [1.82, 2.24) is 0 Å². The van der Waals surface area contributed by atoms with E-state index >= 15 is 0 Å². The standard InChI is InChI=1S/C17H11Br2NO/c18-13-6-8-15(16(19)10-13)17(21)20-14-7-5-11-3-1-2-4-12(11)9-14/h1-10H,(H,20,21). The van der Waals surface area contributed by atoms with Crippen LogP contribution in [0, 0.1) is 0 Å². The van der Waals surface area contributed by atoms with Crippen molar-refractivity contribution in [2.75, 3.05) is 5.32 Å². The van der Waals surface area contributed by atoms with E-state index in [0.29, 0.717) is 5.56 Å². The SMILES string of the molecule is O=C(Nc1ccc2ccccc2c1)c1ccc(Br)cc1Br. The predicted octanol–water partition coefficient (Wildman–Crippen LogP) is 5.62. The van der Waals surface area contributed by atoms with Crippen LogP contribution in [0.15, 0.2) is 69.6 Å². The van der Waals surface area contributed by atoms with Crippen LogP contribution in [0.3, 0.4) is 0 Å². The van der Waals surface area contributed by atoms with Crippen molar-refractivity contribution in [3.05, 3.63) is 75.2 Å². The molecule has 2 nitrogen and oxygen atoms in total. The molecule has 0 fully saturated rings. The van der Waals surface area contributed by atoms with Crippen LogP contribution >= 0.6 is 31.9 Å². The fraction of sp³-hybridized carbons (Fsp3) is 0. The molecule has 0 aliphatic heterocycles. The highest BCUT2D eigenvalue weighted by molar-refractivity contribution is 9.11. The van der Waals surface area contributed by atoms with Gasteiger partial charge in [0.25, 0.3) is 5.91 Å². The Kier molecular flexibility index (Phi) is 4.08. The molecule has 0 aliphatic rings. The maximum atomic E-state index is 12.3. The zero-order chi connectivity index (χ0) is 14.8. The summed E-state index contributed by atoms with van der Waals surface area (Å²) in [5.74, 6) is -0.135. The van der Waals surface area contributed by atoms with E-state index in [4.69, 9.17) is 0 Å². The first-order valence-corrected chi connectivity index (χ1v) is 7.97. The topological polar surface area (TPSA) is 29.1 Å². The number of amides is 1. The molecule has 4 heteroatoms. The van der Waals surface area contributed by atoms with Gasteiger partial charge in [0.1, 0.15) is 0 Å². The summed E-state index contributed by atoms with van der Waals surface area (Å²) in [7, 11) is 0. The van der Waals surface area contributed by atoms with Crippen molar-refractivity contribution in [3.63, 3.8) is 0 Å². The molecule has 0 atom stereocenters. The van der Waals surface area contributed by atoms with E-state index in [1.807, 2.05) is 54.6 Å². The average molecular weight is 405 g/mol. The Morgan fingerprint density at radius 3 is 2.38 bits per heavy atom. The van der Waals surface area contributed by atoms with Gasteiger partial charge in [0.2, 0.25) is 0 Å². The fourth-order valence-electron chi connectivity index (χ4n) is 2.14. The number of benzene rings is 3. The lowest BCUT2D eigenvalue weighted by molar-refractivity contribution is 0.102. The van der Waals surface area contributed by atoms with Gasteiger partial charge in [-0.15, -0.1) is 0 Å². The largest absolute Gasteiger partial charge is 0.322 e. The molecule has 1 N–H and O–H groups in total. The number of hydrogen-bond donors (Lipinski definition) is 1. The van der Waals surface area contributed by atoms with E-state index in [0.717, 1.165) is 25.4 Å². The third-order valence-corrected chi connectivity index (χ3v) is 4.33. The molecule has 0 bridgehead atoms. The van der Waals surface area contributed by atoms with Gasteiger partial charge in [0.15, 0.2) is 0 Å². The van der Waals surface area contributed by atoms with Crippen molar-refractivity contribution >= 4 is 54.2 Å². The lowest BCUT2D eigenvalue weighted by atomic mass is 10.1. The number of carbonyl (C=O) groups is 1. The van der Waals surface area contributed by atoms with Crippen LogP contribution in [0.1, 0.15) is 10.4 Å². The van der Waals surface area contributed by atoms with Crippen molar-refractivity contribution in [2.45, 2.75) is 0 Å².